The van der Waals surface area contributed by atoms with Gasteiger partial charge in [-0.3, -0.25) is 0 Å². The van der Waals surface area contributed by atoms with E-state index in [1.165, 1.54) is 6.08 Å². The van der Waals surface area contributed by atoms with E-state index in [-0.39, 0.29) is 0 Å². The molecule has 0 bridgehead atoms. The van der Waals surface area contributed by atoms with Gasteiger partial charge in [-0.25, -0.2) is 0 Å². The Bertz CT molecular complexity index is 358. The molecule has 0 fully saturated rings. The largest absolute Gasteiger partial charge is 0.416 e. The van der Waals surface area contributed by atoms with Gasteiger partial charge in [-0.05, 0) is 23.4 Å². The topological polar surface area (TPSA) is 21.6 Å². The van der Waals surface area contributed by atoms with Gasteiger partial charge in [0.2, 0.25) is 0 Å². The van der Waals surface area contributed by atoms with E-state index >= 15 is 0 Å². The number of fused-ring (bicyclic) bond motifs is 1. The maximum Gasteiger partial charge on any atom is 0.416 e. The molecule has 0 saturated carbocycles. The Morgan fingerprint density at radius 1 is 1.46 bits per heavy atom. The van der Waals surface area contributed by atoms with Crippen LogP contribution in [0, 0.1) is 0 Å². The van der Waals surface area contributed by atoms with Gasteiger partial charge in [0, 0.05) is 5.87 Å². The van der Waals surface area contributed by atoms with E-state index in [4.69, 9.17) is 4.84 Å². The van der Waals surface area contributed by atoms with Crippen molar-refractivity contribution in [1.29, 1.82) is 0 Å². The highest BCUT2D eigenvalue weighted by atomic mass is 19.4. The molecule has 0 aromatic rings. The molecule has 1 heterocycles. The van der Waals surface area contributed by atoms with E-state index < -0.39 is 17.9 Å². The summed E-state index contributed by atoms with van der Waals surface area (Å²) in [6.07, 6.45) is -1.54. The third-order valence-electron chi connectivity index (χ3n) is 1.74. The first-order valence-electron chi connectivity index (χ1n) is 3.53. The first kappa shape index (κ1) is 8.13. The predicted molar refractivity (Wildman–Crippen MR) is 39.1 cm³/mol. The quantitative estimate of drug-likeness (QED) is 0.568. The van der Waals surface area contributed by atoms with Gasteiger partial charge in [0.1, 0.15) is 0 Å². The van der Waals surface area contributed by atoms with Gasteiger partial charge < -0.3 is 4.84 Å². The molecule has 0 aromatic carbocycles. The van der Waals surface area contributed by atoms with Crippen LogP contribution in [0.25, 0.3) is 0 Å². The van der Waals surface area contributed by atoms with E-state index in [2.05, 4.69) is 11.0 Å². The van der Waals surface area contributed by atoms with Gasteiger partial charge in [-0.1, -0.05) is 0 Å². The van der Waals surface area contributed by atoms with E-state index in [0.717, 1.165) is 12.2 Å². The highest BCUT2D eigenvalue weighted by Gasteiger charge is 2.35. The van der Waals surface area contributed by atoms with Crippen LogP contribution in [-0.4, -0.2) is 18.2 Å². The van der Waals surface area contributed by atoms with Crippen LogP contribution in [0.5, 0.6) is 0 Å². The van der Waals surface area contributed by atoms with Crippen molar-refractivity contribution in [2.24, 2.45) is 5.16 Å². The molecule has 2 nitrogen and oxygen atoms in total. The normalized spacial score (nSPS) is 25.0. The minimum atomic E-state index is -4.32. The zero-order valence-corrected chi connectivity index (χ0v) is 6.30. The summed E-state index contributed by atoms with van der Waals surface area (Å²) in [7, 11) is 0. The molecule has 0 saturated heterocycles. The fraction of sp³-hybridized carbons (Fsp3) is 0.250. The van der Waals surface area contributed by atoms with Gasteiger partial charge in [0.15, 0.2) is 6.10 Å². The molecule has 1 aliphatic carbocycles. The smallest absolute Gasteiger partial charge is 0.375 e. The molecule has 1 atom stereocenters. The number of allylic oxidation sites excluding steroid dienone is 2. The summed E-state index contributed by atoms with van der Waals surface area (Å²) < 4.78 is 36.5. The standard InChI is InChI=1S/C8H4F3NO/c9-8(10,11)6-1-2-7-5(3-6)4-12-13-7/h1-3,7H. The number of hydrogen-bond donors (Lipinski definition) is 0. The second-order valence-corrected chi connectivity index (χ2v) is 2.64. The van der Waals surface area contributed by atoms with Crippen LogP contribution in [0.4, 0.5) is 13.2 Å². The lowest BCUT2D eigenvalue weighted by atomic mass is 10.0. The lowest BCUT2D eigenvalue weighted by molar-refractivity contribution is -0.0885. The Morgan fingerprint density at radius 3 is 2.92 bits per heavy atom. The highest BCUT2D eigenvalue weighted by molar-refractivity contribution is 5.68. The summed E-state index contributed by atoms with van der Waals surface area (Å²) in [5, 5.41) is 3.29. The summed E-state index contributed by atoms with van der Waals surface area (Å²) in [4.78, 5) is 4.70. The van der Waals surface area contributed by atoms with Gasteiger partial charge in [-0.2, -0.15) is 13.2 Å². The van der Waals surface area contributed by atoms with Gasteiger partial charge in [0.05, 0.1) is 11.1 Å². The molecule has 1 aliphatic heterocycles. The summed E-state index contributed by atoms with van der Waals surface area (Å²) in [6.45, 7) is 0. The molecular weight excluding hydrogens is 183 g/mol. The first-order chi connectivity index (χ1) is 6.07. The Morgan fingerprint density at radius 2 is 2.23 bits per heavy atom. The molecule has 2 rings (SSSR count). The summed E-state index contributed by atoms with van der Waals surface area (Å²) >= 11 is 0. The van der Waals surface area contributed by atoms with Crippen molar-refractivity contribution < 1.29 is 18.0 Å². The van der Waals surface area contributed by atoms with Crippen molar-refractivity contribution in [3.8, 4) is 0 Å². The summed E-state index contributed by atoms with van der Waals surface area (Å²) in [5.41, 5.74) is -0.387. The Kier molecular flexibility index (Phi) is 1.57. The van der Waals surface area contributed by atoms with Crippen LogP contribution in [-0.2, 0) is 4.84 Å². The van der Waals surface area contributed by atoms with Gasteiger partial charge in [-0.15, -0.1) is 0 Å². The van der Waals surface area contributed by atoms with Gasteiger partial charge in [0.25, 0.3) is 0 Å². The Hall–Kier alpha value is -1.48. The van der Waals surface area contributed by atoms with Gasteiger partial charge >= 0.3 is 6.18 Å². The van der Waals surface area contributed by atoms with Crippen LogP contribution in [0.2, 0.25) is 0 Å². The van der Waals surface area contributed by atoms with Crippen LogP contribution >= 0.6 is 0 Å². The highest BCUT2D eigenvalue weighted by Crippen LogP contribution is 2.31. The second kappa shape index (κ2) is 2.50. The van der Waals surface area contributed by atoms with E-state index in [0.29, 0.717) is 5.57 Å². The molecule has 68 valence electrons. The minimum absolute atomic E-state index is 0.315. The molecule has 2 aliphatic rings. The van der Waals surface area contributed by atoms with Crippen LogP contribution in [0.15, 0.2) is 34.5 Å². The lowest BCUT2D eigenvalue weighted by Crippen LogP contribution is -2.16. The predicted octanol–water partition coefficient (Wildman–Crippen LogP) is 1.95. The number of nitrogens with zero attached hydrogens (tertiary/aromatic N) is 1. The van der Waals surface area contributed by atoms with Crippen molar-refractivity contribution in [3.05, 3.63) is 29.4 Å². The molecule has 0 N–H and O–H groups in total. The number of alkyl halides is 3. The van der Waals surface area contributed by atoms with Crippen molar-refractivity contribution in [2.45, 2.75) is 12.3 Å². The summed E-state index contributed by atoms with van der Waals surface area (Å²) in [6, 6.07) is 0. The third kappa shape index (κ3) is 1.38. The molecule has 0 spiro atoms. The maximum absolute atomic E-state index is 12.2. The van der Waals surface area contributed by atoms with Crippen molar-refractivity contribution >= 4 is 5.87 Å². The van der Waals surface area contributed by atoms with Crippen LogP contribution in [0.3, 0.4) is 0 Å². The molecule has 0 radical (unpaired) electrons. The molecule has 1 unspecified atom stereocenters. The number of halogens is 3. The monoisotopic (exact) mass is 187 g/mol. The zero-order valence-electron chi connectivity index (χ0n) is 6.30. The Balaban J connectivity index is 2.34. The average molecular weight is 187 g/mol. The second-order valence-electron chi connectivity index (χ2n) is 2.64. The number of rotatable bonds is 0. The molecule has 5 heteroatoms. The number of hydrogen-bond acceptors (Lipinski definition) is 2. The SMILES string of the molecule is FC(F)(F)C1=CC2=C=NOC2C=C1. The third-order valence-corrected chi connectivity index (χ3v) is 1.74. The van der Waals surface area contributed by atoms with Crippen molar-refractivity contribution in [2.75, 3.05) is 0 Å². The van der Waals surface area contributed by atoms with E-state index in [1.54, 1.807) is 0 Å². The molecule has 0 aromatic heterocycles. The molecule has 13 heavy (non-hydrogen) atoms. The van der Waals surface area contributed by atoms with Crippen LogP contribution < -0.4 is 0 Å². The molecular formula is C8H4F3NO. The fourth-order valence-corrected chi connectivity index (χ4v) is 1.09. The van der Waals surface area contributed by atoms with Crippen molar-refractivity contribution in [1.82, 2.24) is 0 Å². The molecule has 0 amide bonds. The zero-order chi connectivity index (χ0) is 9.47. The van der Waals surface area contributed by atoms with Crippen molar-refractivity contribution in [3.63, 3.8) is 0 Å². The summed E-state index contributed by atoms with van der Waals surface area (Å²) in [5.74, 6) is 2.35. The Labute approximate surface area is 71.7 Å². The maximum atomic E-state index is 12.2. The minimum Gasteiger partial charge on any atom is -0.375 e. The fourth-order valence-electron chi connectivity index (χ4n) is 1.09. The van der Waals surface area contributed by atoms with E-state index in [1.807, 2.05) is 0 Å². The van der Waals surface area contributed by atoms with Crippen LogP contribution in [0.1, 0.15) is 0 Å². The average Bonchev–Trinajstić information content (AvgIpc) is 2.47. The van der Waals surface area contributed by atoms with E-state index in [9.17, 15) is 13.2 Å². The first-order valence-corrected chi connectivity index (χ1v) is 3.53. The lowest BCUT2D eigenvalue weighted by Gasteiger charge is -2.14.